The molecule has 3 aromatic rings. The molecule has 5 rings (SSSR count). The molecule has 2 fully saturated rings. The molecule has 1 N–H and O–H groups in total. The van der Waals surface area contributed by atoms with E-state index in [0.29, 0.717) is 57.8 Å². The molecular weight excluding hydrogens is 514 g/mol. The predicted octanol–water partition coefficient (Wildman–Crippen LogP) is 3.69. The molecule has 0 aliphatic carbocycles. The molecule has 0 radical (unpaired) electrons. The van der Waals surface area contributed by atoms with Crippen molar-refractivity contribution in [3.8, 4) is 5.75 Å². The van der Waals surface area contributed by atoms with Crippen LogP contribution < -0.4 is 10.1 Å². The van der Waals surface area contributed by atoms with Crippen LogP contribution in [0.3, 0.4) is 0 Å². The number of ether oxygens (including phenoxy) is 1. The van der Waals surface area contributed by atoms with Gasteiger partial charge in [0.05, 0.1) is 7.11 Å². The van der Waals surface area contributed by atoms with E-state index < -0.39 is 11.9 Å². The first-order valence-corrected chi connectivity index (χ1v) is 13.6. The molecule has 2 aliphatic heterocycles. The summed E-state index contributed by atoms with van der Waals surface area (Å²) in [5, 5.41) is 3.27. The van der Waals surface area contributed by atoms with Crippen LogP contribution in [0.15, 0.2) is 72.8 Å². The summed E-state index contributed by atoms with van der Waals surface area (Å²) in [5.41, 5.74) is 2.30. The number of likely N-dealkylation sites (tertiary alicyclic amines) is 1. The van der Waals surface area contributed by atoms with Gasteiger partial charge in [-0.1, -0.05) is 24.3 Å². The molecule has 0 saturated carbocycles. The van der Waals surface area contributed by atoms with E-state index in [9.17, 15) is 18.4 Å². The molecule has 2 saturated heterocycles. The van der Waals surface area contributed by atoms with Crippen LogP contribution in [0.5, 0.6) is 5.75 Å². The van der Waals surface area contributed by atoms with E-state index in [4.69, 9.17) is 4.74 Å². The van der Waals surface area contributed by atoms with Gasteiger partial charge in [0.2, 0.25) is 5.91 Å². The van der Waals surface area contributed by atoms with Crippen molar-refractivity contribution in [2.75, 3.05) is 39.8 Å². The van der Waals surface area contributed by atoms with E-state index in [1.807, 2.05) is 29.2 Å². The number of benzene rings is 3. The fourth-order valence-corrected chi connectivity index (χ4v) is 5.53. The van der Waals surface area contributed by atoms with E-state index in [2.05, 4.69) is 10.2 Å². The van der Waals surface area contributed by atoms with Gasteiger partial charge in [-0.2, -0.15) is 0 Å². The number of carbonyl (C=O) groups is 2. The molecule has 210 valence electrons. The van der Waals surface area contributed by atoms with Crippen LogP contribution in [0.2, 0.25) is 0 Å². The summed E-state index contributed by atoms with van der Waals surface area (Å²) >= 11 is 0. The maximum atomic E-state index is 13.8. The lowest BCUT2D eigenvalue weighted by atomic mass is 10.1. The van der Waals surface area contributed by atoms with Gasteiger partial charge < -0.3 is 19.9 Å². The number of amides is 2. The molecular formula is C31H34F2N4O3. The van der Waals surface area contributed by atoms with Crippen molar-refractivity contribution in [3.05, 3.63) is 101 Å². The van der Waals surface area contributed by atoms with Gasteiger partial charge in [0.1, 0.15) is 23.4 Å². The number of nitrogens with one attached hydrogen (secondary N) is 1. The summed E-state index contributed by atoms with van der Waals surface area (Å²) in [6.07, 6.45) is 0.459. The number of rotatable bonds is 8. The monoisotopic (exact) mass is 548 g/mol. The predicted molar refractivity (Wildman–Crippen MR) is 148 cm³/mol. The van der Waals surface area contributed by atoms with Crippen molar-refractivity contribution in [3.63, 3.8) is 0 Å². The fraction of sp³-hybridized carbons (Fsp3) is 0.355. The van der Waals surface area contributed by atoms with Gasteiger partial charge in [0.15, 0.2) is 0 Å². The van der Waals surface area contributed by atoms with Crippen molar-refractivity contribution in [2.24, 2.45) is 0 Å². The number of nitrogens with zero attached hydrogens (tertiary/aromatic N) is 3. The lowest BCUT2D eigenvalue weighted by molar-refractivity contribution is -0.135. The van der Waals surface area contributed by atoms with E-state index in [-0.39, 0.29) is 23.7 Å². The number of halogens is 2. The summed E-state index contributed by atoms with van der Waals surface area (Å²) in [6, 6.07) is 18.9. The molecule has 2 atom stereocenters. The summed E-state index contributed by atoms with van der Waals surface area (Å²) in [4.78, 5) is 33.2. The topological polar surface area (TPSA) is 65.1 Å². The number of hydrogen-bond acceptors (Lipinski definition) is 5. The summed E-state index contributed by atoms with van der Waals surface area (Å²) in [7, 11) is 1.62. The minimum atomic E-state index is -0.637. The fourth-order valence-electron chi connectivity index (χ4n) is 5.53. The molecule has 3 aromatic carbocycles. The lowest BCUT2D eigenvalue weighted by Crippen LogP contribution is -2.53. The molecule has 0 spiro atoms. The smallest absolute Gasteiger partial charge is 0.254 e. The van der Waals surface area contributed by atoms with Gasteiger partial charge in [-0.15, -0.1) is 0 Å². The first-order chi connectivity index (χ1) is 19.4. The first kappa shape index (κ1) is 27.7. The highest BCUT2D eigenvalue weighted by molar-refractivity contribution is 5.98. The van der Waals surface area contributed by atoms with E-state index >= 15 is 0 Å². The van der Waals surface area contributed by atoms with Gasteiger partial charge in [0, 0.05) is 57.4 Å². The molecule has 9 heteroatoms. The Balaban J connectivity index is 1.45. The second kappa shape index (κ2) is 12.6. The van der Waals surface area contributed by atoms with Gasteiger partial charge in [0.25, 0.3) is 5.91 Å². The average molecular weight is 549 g/mol. The summed E-state index contributed by atoms with van der Waals surface area (Å²) in [6.45, 7) is 3.98. The molecule has 7 nitrogen and oxygen atoms in total. The second-order valence-electron chi connectivity index (χ2n) is 10.3. The Morgan fingerprint density at radius 2 is 1.57 bits per heavy atom. The summed E-state index contributed by atoms with van der Waals surface area (Å²) < 4.78 is 32.7. The quantitative estimate of drug-likeness (QED) is 0.465. The maximum Gasteiger partial charge on any atom is 0.254 e. The largest absolute Gasteiger partial charge is 0.497 e. The van der Waals surface area contributed by atoms with Crippen LogP contribution in [0.1, 0.15) is 27.9 Å². The van der Waals surface area contributed by atoms with E-state index in [1.54, 1.807) is 24.1 Å². The highest BCUT2D eigenvalue weighted by Crippen LogP contribution is 2.29. The Morgan fingerprint density at radius 3 is 2.25 bits per heavy atom. The highest BCUT2D eigenvalue weighted by atomic mass is 19.1. The minimum Gasteiger partial charge on any atom is -0.497 e. The van der Waals surface area contributed by atoms with Gasteiger partial charge >= 0.3 is 0 Å². The Labute approximate surface area is 233 Å². The second-order valence-corrected chi connectivity index (χ2v) is 10.3. The zero-order chi connectivity index (χ0) is 28.1. The SMILES string of the molecule is COc1cccc(CN(Cc2ccc(F)cc2)C2CC(C(=O)N3CCNCC3)N(C(=O)c3ccc(F)cc3)C2)c1. The van der Waals surface area contributed by atoms with Crippen LogP contribution in [0.25, 0.3) is 0 Å². The number of carbonyl (C=O) groups excluding carboxylic acids is 2. The zero-order valence-corrected chi connectivity index (χ0v) is 22.6. The maximum absolute atomic E-state index is 13.8. The Morgan fingerprint density at radius 1 is 0.925 bits per heavy atom. The molecule has 0 aromatic heterocycles. The van der Waals surface area contributed by atoms with Crippen molar-refractivity contribution in [2.45, 2.75) is 31.6 Å². The first-order valence-electron chi connectivity index (χ1n) is 13.6. The van der Waals surface area contributed by atoms with Crippen molar-refractivity contribution >= 4 is 11.8 Å². The van der Waals surface area contributed by atoms with Crippen molar-refractivity contribution < 1.29 is 23.1 Å². The Kier molecular flexibility index (Phi) is 8.72. The molecule has 2 unspecified atom stereocenters. The Hall–Kier alpha value is -3.82. The van der Waals surface area contributed by atoms with Gasteiger partial charge in [-0.05, 0) is 66.1 Å². The Bertz CT molecular complexity index is 1310. The average Bonchev–Trinajstić information content (AvgIpc) is 3.44. The van der Waals surface area contributed by atoms with Crippen molar-refractivity contribution in [1.82, 2.24) is 20.0 Å². The molecule has 2 amide bonds. The molecule has 0 bridgehead atoms. The summed E-state index contributed by atoms with van der Waals surface area (Å²) in [5.74, 6) is -0.345. The highest BCUT2D eigenvalue weighted by Gasteiger charge is 2.43. The third-order valence-electron chi connectivity index (χ3n) is 7.68. The zero-order valence-electron chi connectivity index (χ0n) is 22.6. The van der Waals surface area contributed by atoms with Crippen LogP contribution in [-0.4, -0.2) is 78.4 Å². The van der Waals surface area contributed by atoms with Crippen LogP contribution >= 0.6 is 0 Å². The van der Waals surface area contributed by atoms with Crippen molar-refractivity contribution in [1.29, 1.82) is 0 Å². The third kappa shape index (κ3) is 6.48. The van der Waals surface area contributed by atoms with E-state index in [1.165, 1.54) is 36.4 Å². The third-order valence-corrected chi connectivity index (χ3v) is 7.68. The van der Waals surface area contributed by atoms with E-state index in [0.717, 1.165) is 16.9 Å². The minimum absolute atomic E-state index is 0.0671. The van der Waals surface area contributed by atoms with Gasteiger partial charge in [-0.3, -0.25) is 14.5 Å². The lowest BCUT2D eigenvalue weighted by Gasteiger charge is -2.32. The van der Waals surface area contributed by atoms with Gasteiger partial charge in [-0.25, -0.2) is 8.78 Å². The van der Waals surface area contributed by atoms with Crippen LogP contribution in [0, 0.1) is 11.6 Å². The van der Waals surface area contributed by atoms with Crippen LogP contribution in [-0.2, 0) is 17.9 Å². The number of methoxy groups -OCH3 is 1. The standard InChI is InChI=1S/C31H34F2N4O3/c1-40-28-4-2-3-23(17-28)20-36(19-22-5-9-25(32)10-6-22)27-18-29(31(39)35-15-13-34-14-16-35)37(21-27)30(38)24-7-11-26(33)12-8-24/h2-12,17,27,29,34H,13-16,18-21H2,1H3. The molecule has 2 heterocycles. The number of hydrogen-bond donors (Lipinski definition) is 1. The molecule has 2 aliphatic rings. The number of piperazine rings is 1. The molecule has 40 heavy (non-hydrogen) atoms. The normalized spacial score (nSPS) is 19.2. The van der Waals surface area contributed by atoms with Crippen LogP contribution in [0.4, 0.5) is 8.78 Å².